The largest absolute Gasteiger partial charge is 0.465 e. The lowest BCUT2D eigenvalue weighted by molar-refractivity contribution is 0.0600. The number of nitrogens with one attached hydrogen (secondary N) is 2. The third kappa shape index (κ3) is 4.82. The molecule has 0 spiro atoms. The molecule has 0 radical (unpaired) electrons. The van der Waals surface area contributed by atoms with Gasteiger partial charge in [0.05, 0.1) is 23.7 Å². The Kier molecular flexibility index (Phi) is 6.58. The van der Waals surface area contributed by atoms with Crippen LogP contribution in [0.3, 0.4) is 0 Å². The highest BCUT2D eigenvalue weighted by molar-refractivity contribution is 5.94. The molecule has 3 aromatic rings. The summed E-state index contributed by atoms with van der Waals surface area (Å²) in [5.41, 5.74) is 2.41. The second-order valence-corrected chi connectivity index (χ2v) is 7.91. The minimum Gasteiger partial charge on any atom is -0.465 e. The molecule has 9 heteroatoms. The molecule has 1 aliphatic heterocycles. The fourth-order valence-electron chi connectivity index (χ4n) is 4.13. The number of amides is 2. The first-order chi connectivity index (χ1) is 16.0. The molecule has 4 rings (SSSR count). The van der Waals surface area contributed by atoms with Crippen molar-refractivity contribution in [2.75, 3.05) is 30.4 Å². The standard InChI is InChI=1S/C24H27N5O4/c1-3-29-20-10-5-4-9-19(20)27-21(22(29)30)28-13-11-17(12-14-28)25-24(32)26-18-8-6-7-16(15-18)23(31)33-2/h4-10,15,17H,3,11-14H2,1-2H3,(H2,25,26,32). The van der Waals surface area contributed by atoms with Crippen LogP contribution in [0.4, 0.5) is 16.3 Å². The topological polar surface area (TPSA) is 106 Å². The monoisotopic (exact) mass is 449 g/mol. The first-order valence-corrected chi connectivity index (χ1v) is 11.0. The molecule has 0 atom stereocenters. The van der Waals surface area contributed by atoms with Crippen LogP contribution in [0, 0.1) is 0 Å². The Morgan fingerprint density at radius 2 is 1.88 bits per heavy atom. The number of fused-ring (bicyclic) bond motifs is 1. The number of piperidine rings is 1. The van der Waals surface area contributed by atoms with Gasteiger partial charge in [-0.05, 0) is 50.1 Å². The second kappa shape index (κ2) is 9.72. The summed E-state index contributed by atoms with van der Waals surface area (Å²) in [5.74, 6) is -0.00561. The van der Waals surface area contributed by atoms with E-state index in [0.717, 1.165) is 11.0 Å². The molecule has 1 aromatic heterocycles. The van der Waals surface area contributed by atoms with Gasteiger partial charge in [0.1, 0.15) is 0 Å². The average molecular weight is 450 g/mol. The van der Waals surface area contributed by atoms with Gasteiger partial charge < -0.3 is 24.8 Å². The van der Waals surface area contributed by atoms with Gasteiger partial charge in [0.15, 0.2) is 5.82 Å². The third-order valence-corrected chi connectivity index (χ3v) is 5.82. The van der Waals surface area contributed by atoms with Crippen LogP contribution < -0.4 is 21.1 Å². The normalized spacial score (nSPS) is 14.2. The smallest absolute Gasteiger partial charge is 0.337 e. The van der Waals surface area contributed by atoms with Crippen molar-refractivity contribution in [2.45, 2.75) is 32.4 Å². The summed E-state index contributed by atoms with van der Waals surface area (Å²) < 4.78 is 6.46. The Morgan fingerprint density at radius 3 is 2.61 bits per heavy atom. The van der Waals surface area contributed by atoms with Crippen molar-refractivity contribution in [1.29, 1.82) is 0 Å². The van der Waals surface area contributed by atoms with Gasteiger partial charge in [-0.3, -0.25) is 4.79 Å². The summed E-state index contributed by atoms with van der Waals surface area (Å²) in [6.07, 6.45) is 1.38. The van der Waals surface area contributed by atoms with E-state index in [1.807, 2.05) is 36.1 Å². The van der Waals surface area contributed by atoms with E-state index in [4.69, 9.17) is 4.74 Å². The number of ether oxygens (including phenoxy) is 1. The highest BCUT2D eigenvalue weighted by Gasteiger charge is 2.24. The Labute approximate surface area is 191 Å². The Bertz CT molecular complexity index is 1230. The van der Waals surface area contributed by atoms with Crippen molar-refractivity contribution in [3.05, 3.63) is 64.4 Å². The maximum Gasteiger partial charge on any atom is 0.337 e. The Morgan fingerprint density at radius 1 is 1.12 bits per heavy atom. The first-order valence-electron chi connectivity index (χ1n) is 11.0. The molecule has 172 valence electrons. The molecule has 9 nitrogen and oxygen atoms in total. The zero-order chi connectivity index (χ0) is 23.4. The lowest BCUT2D eigenvalue weighted by Crippen LogP contribution is -2.47. The molecule has 2 amide bonds. The number of methoxy groups -OCH3 is 1. The molecule has 33 heavy (non-hydrogen) atoms. The van der Waals surface area contributed by atoms with E-state index in [1.165, 1.54) is 7.11 Å². The number of hydrogen-bond donors (Lipinski definition) is 2. The molecule has 1 fully saturated rings. The van der Waals surface area contributed by atoms with Crippen LogP contribution in [0.1, 0.15) is 30.1 Å². The number of para-hydroxylation sites is 2. The zero-order valence-corrected chi connectivity index (χ0v) is 18.7. The van der Waals surface area contributed by atoms with Crippen molar-refractivity contribution in [2.24, 2.45) is 0 Å². The molecule has 2 heterocycles. The lowest BCUT2D eigenvalue weighted by atomic mass is 10.1. The van der Waals surface area contributed by atoms with E-state index in [0.29, 0.717) is 49.5 Å². The molecule has 1 aliphatic rings. The van der Waals surface area contributed by atoms with Crippen LogP contribution in [-0.2, 0) is 11.3 Å². The van der Waals surface area contributed by atoms with Crippen LogP contribution >= 0.6 is 0 Å². The maximum absolute atomic E-state index is 13.0. The van der Waals surface area contributed by atoms with Gasteiger partial charge in [-0.2, -0.15) is 0 Å². The summed E-state index contributed by atoms with van der Waals surface area (Å²) in [7, 11) is 1.31. The fourth-order valence-corrected chi connectivity index (χ4v) is 4.13. The van der Waals surface area contributed by atoms with E-state index >= 15 is 0 Å². The van der Waals surface area contributed by atoms with Crippen molar-refractivity contribution in [3.8, 4) is 0 Å². The van der Waals surface area contributed by atoms with E-state index < -0.39 is 5.97 Å². The highest BCUT2D eigenvalue weighted by Crippen LogP contribution is 2.19. The zero-order valence-electron chi connectivity index (χ0n) is 18.7. The van der Waals surface area contributed by atoms with Crippen LogP contribution in [0.5, 0.6) is 0 Å². The van der Waals surface area contributed by atoms with Crippen LogP contribution in [0.15, 0.2) is 53.3 Å². The van der Waals surface area contributed by atoms with Gasteiger partial charge in [-0.25, -0.2) is 14.6 Å². The average Bonchev–Trinajstić information content (AvgIpc) is 2.84. The number of carbonyl (C=O) groups is 2. The minimum absolute atomic E-state index is 0.0288. The molecular weight excluding hydrogens is 422 g/mol. The quantitative estimate of drug-likeness (QED) is 0.580. The van der Waals surface area contributed by atoms with Crippen molar-refractivity contribution >= 4 is 34.5 Å². The number of urea groups is 1. The third-order valence-electron chi connectivity index (χ3n) is 5.82. The maximum atomic E-state index is 13.0. The van der Waals surface area contributed by atoms with E-state index in [2.05, 4.69) is 15.6 Å². The number of hydrogen-bond acceptors (Lipinski definition) is 6. The van der Waals surface area contributed by atoms with Gasteiger partial charge in [-0.15, -0.1) is 0 Å². The number of anilines is 2. The van der Waals surface area contributed by atoms with Gasteiger partial charge in [0.2, 0.25) is 0 Å². The van der Waals surface area contributed by atoms with Crippen LogP contribution in [-0.4, -0.2) is 47.8 Å². The summed E-state index contributed by atoms with van der Waals surface area (Å²) in [6, 6.07) is 13.9. The van der Waals surface area contributed by atoms with Gasteiger partial charge in [0.25, 0.3) is 5.56 Å². The van der Waals surface area contributed by atoms with Crippen LogP contribution in [0.2, 0.25) is 0 Å². The fraction of sp³-hybridized carbons (Fsp3) is 0.333. The van der Waals surface area contributed by atoms with Crippen LogP contribution in [0.25, 0.3) is 11.0 Å². The SMILES string of the molecule is CCn1c(=O)c(N2CCC(NC(=O)Nc3cccc(C(=O)OC)c3)CC2)nc2ccccc21. The second-order valence-electron chi connectivity index (χ2n) is 7.91. The minimum atomic E-state index is -0.462. The van der Waals surface area contributed by atoms with E-state index in [9.17, 15) is 14.4 Å². The number of rotatable bonds is 5. The van der Waals surface area contributed by atoms with E-state index in [-0.39, 0.29) is 17.6 Å². The molecule has 2 N–H and O–H groups in total. The number of aromatic nitrogens is 2. The summed E-state index contributed by atoms with van der Waals surface area (Å²) in [6.45, 7) is 3.76. The van der Waals surface area contributed by atoms with Crippen molar-refractivity contribution in [3.63, 3.8) is 0 Å². The van der Waals surface area contributed by atoms with Gasteiger partial charge in [-0.1, -0.05) is 18.2 Å². The Balaban J connectivity index is 1.39. The molecule has 1 saturated heterocycles. The van der Waals surface area contributed by atoms with Gasteiger partial charge >= 0.3 is 12.0 Å². The van der Waals surface area contributed by atoms with Crippen molar-refractivity contribution < 1.29 is 14.3 Å². The summed E-state index contributed by atoms with van der Waals surface area (Å²) >= 11 is 0. The Hall–Kier alpha value is -3.88. The molecule has 0 bridgehead atoms. The van der Waals surface area contributed by atoms with Crippen molar-refractivity contribution in [1.82, 2.24) is 14.9 Å². The molecule has 0 unspecified atom stereocenters. The van der Waals surface area contributed by atoms with E-state index in [1.54, 1.807) is 28.8 Å². The molecule has 2 aromatic carbocycles. The molecule has 0 aliphatic carbocycles. The number of carbonyl (C=O) groups excluding carboxylic acids is 2. The summed E-state index contributed by atoms with van der Waals surface area (Å²) in [5, 5.41) is 5.73. The number of benzene rings is 2. The number of esters is 1. The number of nitrogens with zero attached hydrogens (tertiary/aromatic N) is 3. The predicted molar refractivity (Wildman–Crippen MR) is 127 cm³/mol. The first kappa shape index (κ1) is 22.3. The predicted octanol–water partition coefficient (Wildman–Crippen LogP) is 2.99. The molecule has 0 saturated carbocycles. The summed E-state index contributed by atoms with van der Waals surface area (Å²) in [4.78, 5) is 43.8. The van der Waals surface area contributed by atoms with Gasteiger partial charge in [0, 0.05) is 31.4 Å². The molecular formula is C24H27N5O4. The highest BCUT2D eigenvalue weighted by atomic mass is 16.5. The lowest BCUT2D eigenvalue weighted by Gasteiger charge is -2.33. The number of aryl methyl sites for hydroxylation is 1.